The Kier molecular flexibility index (Phi) is 3.41. The van der Waals surface area contributed by atoms with E-state index in [0.29, 0.717) is 23.0 Å². The molecule has 1 N–H and O–H groups in total. The Hall–Kier alpha value is -2.17. The van der Waals surface area contributed by atoms with Crippen LogP contribution in [-0.2, 0) is 0 Å². The van der Waals surface area contributed by atoms with Crippen molar-refractivity contribution in [3.05, 3.63) is 35.8 Å². The number of nitrogens with one attached hydrogen (secondary N) is 1. The Morgan fingerprint density at radius 1 is 1.22 bits per heavy atom. The van der Waals surface area contributed by atoms with Crippen LogP contribution in [0.15, 0.2) is 24.3 Å². The van der Waals surface area contributed by atoms with Gasteiger partial charge in [-0.25, -0.2) is 14.4 Å². The molecule has 5 heteroatoms. The van der Waals surface area contributed by atoms with Crippen LogP contribution >= 0.6 is 0 Å². The molecular weight excluding hydrogens is 233 g/mol. The van der Waals surface area contributed by atoms with Crippen LogP contribution in [0.5, 0.6) is 5.75 Å². The van der Waals surface area contributed by atoms with Crippen molar-refractivity contribution in [1.29, 1.82) is 0 Å². The quantitative estimate of drug-likeness (QED) is 0.905. The predicted molar refractivity (Wildman–Crippen MR) is 68.3 cm³/mol. The monoisotopic (exact) mass is 247 g/mol. The maximum Gasteiger partial charge on any atom is 0.223 e. The molecule has 0 radical (unpaired) electrons. The molecule has 0 aliphatic heterocycles. The summed E-state index contributed by atoms with van der Waals surface area (Å²) >= 11 is 0. The molecule has 0 aliphatic rings. The molecule has 18 heavy (non-hydrogen) atoms. The first-order valence-corrected chi connectivity index (χ1v) is 5.51. The van der Waals surface area contributed by atoms with Crippen LogP contribution in [0.2, 0.25) is 0 Å². The zero-order valence-electron chi connectivity index (χ0n) is 10.5. The Morgan fingerprint density at radius 3 is 2.67 bits per heavy atom. The second-order valence-electron chi connectivity index (χ2n) is 3.81. The molecule has 0 fully saturated rings. The van der Waals surface area contributed by atoms with E-state index in [9.17, 15) is 4.39 Å². The lowest BCUT2D eigenvalue weighted by atomic mass is 10.1. The van der Waals surface area contributed by atoms with E-state index in [1.807, 2.05) is 6.92 Å². The maximum atomic E-state index is 13.3. The highest BCUT2D eigenvalue weighted by Crippen LogP contribution is 2.30. The molecule has 0 spiro atoms. The Balaban J connectivity index is 2.60. The number of methoxy groups -OCH3 is 1. The molecule has 1 heterocycles. The van der Waals surface area contributed by atoms with Crippen LogP contribution in [0.25, 0.3) is 11.3 Å². The molecule has 0 saturated heterocycles. The highest BCUT2D eigenvalue weighted by Gasteiger charge is 2.10. The number of aromatic nitrogens is 2. The molecule has 0 saturated carbocycles. The van der Waals surface area contributed by atoms with Gasteiger partial charge in [0, 0.05) is 18.3 Å². The van der Waals surface area contributed by atoms with E-state index in [2.05, 4.69) is 15.3 Å². The highest BCUT2D eigenvalue weighted by molar-refractivity contribution is 5.68. The second-order valence-corrected chi connectivity index (χ2v) is 3.81. The van der Waals surface area contributed by atoms with Gasteiger partial charge in [0.05, 0.1) is 12.8 Å². The Bertz CT molecular complexity index is 572. The average Bonchev–Trinajstić information content (AvgIpc) is 2.38. The van der Waals surface area contributed by atoms with Crippen molar-refractivity contribution in [3.8, 4) is 17.0 Å². The summed E-state index contributed by atoms with van der Waals surface area (Å²) in [6.45, 7) is 1.86. The third-order valence-electron chi connectivity index (χ3n) is 2.52. The van der Waals surface area contributed by atoms with Gasteiger partial charge in [-0.1, -0.05) is 0 Å². The number of benzene rings is 1. The van der Waals surface area contributed by atoms with Crippen LogP contribution in [0.4, 0.5) is 10.3 Å². The summed E-state index contributed by atoms with van der Waals surface area (Å²) < 4.78 is 18.6. The summed E-state index contributed by atoms with van der Waals surface area (Å²) in [5, 5.41) is 2.87. The smallest absolute Gasteiger partial charge is 0.223 e. The molecule has 2 aromatic rings. The summed E-state index contributed by atoms with van der Waals surface area (Å²) in [7, 11) is 3.28. The van der Waals surface area contributed by atoms with Crippen LogP contribution < -0.4 is 10.1 Å². The van der Waals surface area contributed by atoms with Crippen LogP contribution in [-0.4, -0.2) is 24.1 Å². The van der Waals surface area contributed by atoms with Crippen molar-refractivity contribution >= 4 is 5.95 Å². The van der Waals surface area contributed by atoms with E-state index < -0.39 is 0 Å². The molecule has 0 atom stereocenters. The van der Waals surface area contributed by atoms with E-state index >= 15 is 0 Å². The summed E-state index contributed by atoms with van der Waals surface area (Å²) in [6, 6.07) is 6.13. The van der Waals surface area contributed by atoms with E-state index in [1.165, 1.54) is 12.1 Å². The summed E-state index contributed by atoms with van der Waals surface area (Å²) in [4.78, 5) is 8.50. The van der Waals surface area contributed by atoms with Crippen molar-refractivity contribution in [1.82, 2.24) is 9.97 Å². The van der Waals surface area contributed by atoms with Gasteiger partial charge in [0.2, 0.25) is 5.95 Å². The van der Waals surface area contributed by atoms with Crippen molar-refractivity contribution in [2.45, 2.75) is 6.92 Å². The van der Waals surface area contributed by atoms with Gasteiger partial charge in [0.15, 0.2) is 0 Å². The topological polar surface area (TPSA) is 47.0 Å². The molecule has 0 aliphatic carbocycles. The van der Waals surface area contributed by atoms with Gasteiger partial charge in [-0.05, 0) is 31.2 Å². The molecule has 0 unspecified atom stereocenters. The lowest BCUT2D eigenvalue weighted by molar-refractivity contribution is 0.415. The van der Waals surface area contributed by atoms with E-state index in [1.54, 1.807) is 26.3 Å². The van der Waals surface area contributed by atoms with Crippen LogP contribution in [0.1, 0.15) is 5.69 Å². The summed E-state index contributed by atoms with van der Waals surface area (Å²) in [5.74, 6) is 0.751. The second kappa shape index (κ2) is 5.00. The lowest BCUT2D eigenvalue weighted by Gasteiger charge is -2.09. The molecule has 1 aromatic heterocycles. The summed E-state index contributed by atoms with van der Waals surface area (Å²) in [6.07, 6.45) is 0. The van der Waals surface area contributed by atoms with Crippen molar-refractivity contribution in [3.63, 3.8) is 0 Å². The van der Waals surface area contributed by atoms with Crippen molar-refractivity contribution in [2.24, 2.45) is 0 Å². The maximum absolute atomic E-state index is 13.3. The number of aryl methyl sites for hydroxylation is 1. The lowest BCUT2D eigenvalue weighted by Crippen LogP contribution is -2.00. The highest BCUT2D eigenvalue weighted by atomic mass is 19.1. The first kappa shape index (κ1) is 12.3. The minimum atomic E-state index is -0.326. The minimum absolute atomic E-state index is 0.326. The number of anilines is 1. The fourth-order valence-electron chi connectivity index (χ4n) is 1.70. The third kappa shape index (κ3) is 2.40. The zero-order chi connectivity index (χ0) is 13.1. The van der Waals surface area contributed by atoms with Gasteiger partial charge in [0.1, 0.15) is 11.6 Å². The summed E-state index contributed by atoms with van der Waals surface area (Å²) in [5.41, 5.74) is 2.04. The molecule has 4 nitrogen and oxygen atoms in total. The number of hydrogen-bond acceptors (Lipinski definition) is 4. The van der Waals surface area contributed by atoms with Gasteiger partial charge in [0.25, 0.3) is 0 Å². The zero-order valence-corrected chi connectivity index (χ0v) is 10.5. The van der Waals surface area contributed by atoms with Gasteiger partial charge in [-0.15, -0.1) is 0 Å². The number of halogens is 1. The predicted octanol–water partition coefficient (Wildman–Crippen LogP) is 2.64. The Labute approximate surface area is 105 Å². The standard InChI is InChI=1S/C13H14FN3O/c1-8-6-11(17-13(15-2)16-8)10-7-9(14)4-5-12(10)18-3/h4-7H,1-3H3,(H,15,16,17). The average molecular weight is 247 g/mol. The van der Waals surface area contributed by atoms with Crippen molar-refractivity contribution in [2.75, 3.05) is 19.5 Å². The van der Waals surface area contributed by atoms with Crippen LogP contribution in [0, 0.1) is 12.7 Å². The molecular formula is C13H14FN3O. The van der Waals surface area contributed by atoms with E-state index in [-0.39, 0.29) is 5.82 Å². The number of nitrogens with zero attached hydrogens (tertiary/aromatic N) is 2. The molecule has 94 valence electrons. The van der Waals surface area contributed by atoms with Gasteiger partial charge < -0.3 is 10.1 Å². The minimum Gasteiger partial charge on any atom is -0.496 e. The van der Waals surface area contributed by atoms with Gasteiger partial charge >= 0.3 is 0 Å². The fraction of sp³-hybridized carbons (Fsp3) is 0.231. The van der Waals surface area contributed by atoms with E-state index in [0.717, 1.165) is 5.69 Å². The Morgan fingerprint density at radius 2 is 2.00 bits per heavy atom. The van der Waals surface area contributed by atoms with E-state index in [4.69, 9.17) is 4.74 Å². The van der Waals surface area contributed by atoms with Gasteiger partial charge in [-0.3, -0.25) is 0 Å². The first-order valence-electron chi connectivity index (χ1n) is 5.51. The first-order chi connectivity index (χ1) is 8.63. The van der Waals surface area contributed by atoms with Gasteiger partial charge in [-0.2, -0.15) is 0 Å². The molecule has 1 aromatic carbocycles. The fourth-order valence-corrected chi connectivity index (χ4v) is 1.70. The molecule has 0 bridgehead atoms. The molecule has 2 rings (SSSR count). The van der Waals surface area contributed by atoms with Crippen LogP contribution in [0.3, 0.4) is 0 Å². The number of ether oxygens (including phenoxy) is 1. The third-order valence-corrected chi connectivity index (χ3v) is 2.52. The number of hydrogen-bond donors (Lipinski definition) is 1. The SMILES string of the molecule is CNc1nc(C)cc(-c2cc(F)ccc2OC)n1. The van der Waals surface area contributed by atoms with Crippen molar-refractivity contribution < 1.29 is 9.13 Å². The molecule has 0 amide bonds. The number of rotatable bonds is 3. The normalized spacial score (nSPS) is 10.2. The largest absolute Gasteiger partial charge is 0.496 e.